The first-order valence-corrected chi connectivity index (χ1v) is 7.31. The van der Waals surface area contributed by atoms with Crippen LogP contribution in [0.25, 0.3) is 0 Å². The summed E-state index contributed by atoms with van der Waals surface area (Å²) in [5, 5.41) is 12.5. The Bertz CT molecular complexity index is 567. The van der Waals surface area contributed by atoms with E-state index in [0.29, 0.717) is 31.6 Å². The van der Waals surface area contributed by atoms with E-state index in [1.54, 1.807) is 17.0 Å². The van der Waals surface area contributed by atoms with Crippen LogP contribution in [0, 0.1) is 0 Å². The standard InChI is InChI=1S/C15H19N3O3/c19-14(20)12-3-1-5-13-11(12)4-2-8-18(13)15(21)17-9-6-16-7-10-17/h1,3,5,16H,2,4,6-10H2,(H,19,20). The molecule has 2 aliphatic rings. The summed E-state index contributed by atoms with van der Waals surface area (Å²) in [5.41, 5.74) is 1.84. The Hall–Kier alpha value is -2.08. The van der Waals surface area contributed by atoms with E-state index in [1.165, 1.54) is 0 Å². The minimum Gasteiger partial charge on any atom is -0.478 e. The van der Waals surface area contributed by atoms with Gasteiger partial charge in [-0.15, -0.1) is 0 Å². The largest absolute Gasteiger partial charge is 0.478 e. The SMILES string of the molecule is O=C(O)c1cccc2c1CCCN2C(=O)N1CCNCC1. The summed E-state index contributed by atoms with van der Waals surface area (Å²) < 4.78 is 0. The Balaban J connectivity index is 1.91. The molecule has 2 aliphatic heterocycles. The van der Waals surface area contributed by atoms with Gasteiger partial charge < -0.3 is 15.3 Å². The fourth-order valence-corrected chi connectivity index (χ4v) is 3.05. The highest BCUT2D eigenvalue weighted by molar-refractivity contribution is 5.97. The van der Waals surface area contributed by atoms with Crippen molar-refractivity contribution in [2.45, 2.75) is 12.8 Å². The fraction of sp³-hybridized carbons (Fsp3) is 0.467. The van der Waals surface area contributed by atoms with Crippen molar-refractivity contribution in [3.05, 3.63) is 29.3 Å². The normalized spacial score (nSPS) is 18.3. The molecular weight excluding hydrogens is 270 g/mol. The summed E-state index contributed by atoms with van der Waals surface area (Å²) in [6, 6.07) is 5.16. The first-order valence-electron chi connectivity index (χ1n) is 7.31. The monoisotopic (exact) mass is 289 g/mol. The third kappa shape index (κ3) is 2.58. The smallest absolute Gasteiger partial charge is 0.336 e. The molecule has 0 aromatic heterocycles. The van der Waals surface area contributed by atoms with Gasteiger partial charge in [0, 0.05) is 38.4 Å². The number of rotatable bonds is 1. The number of nitrogens with one attached hydrogen (secondary N) is 1. The van der Waals surface area contributed by atoms with Gasteiger partial charge in [0.15, 0.2) is 0 Å². The van der Waals surface area contributed by atoms with Crippen LogP contribution < -0.4 is 10.2 Å². The van der Waals surface area contributed by atoms with Gasteiger partial charge in [-0.2, -0.15) is 0 Å². The van der Waals surface area contributed by atoms with E-state index >= 15 is 0 Å². The molecule has 0 bridgehead atoms. The van der Waals surface area contributed by atoms with Crippen LogP contribution in [0.2, 0.25) is 0 Å². The van der Waals surface area contributed by atoms with Crippen molar-refractivity contribution in [1.29, 1.82) is 0 Å². The highest BCUT2D eigenvalue weighted by Gasteiger charge is 2.29. The molecule has 112 valence electrons. The van der Waals surface area contributed by atoms with E-state index in [4.69, 9.17) is 0 Å². The van der Waals surface area contributed by atoms with E-state index in [-0.39, 0.29) is 6.03 Å². The quantitative estimate of drug-likeness (QED) is 0.814. The molecule has 3 rings (SSSR count). The second kappa shape index (κ2) is 5.73. The molecule has 2 amide bonds. The molecule has 1 aromatic rings. The zero-order chi connectivity index (χ0) is 14.8. The second-order valence-electron chi connectivity index (χ2n) is 5.38. The predicted molar refractivity (Wildman–Crippen MR) is 78.9 cm³/mol. The highest BCUT2D eigenvalue weighted by atomic mass is 16.4. The van der Waals surface area contributed by atoms with Gasteiger partial charge >= 0.3 is 12.0 Å². The van der Waals surface area contributed by atoms with Gasteiger partial charge in [-0.05, 0) is 30.5 Å². The highest BCUT2D eigenvalue weighted by Crippen LogP contribution is 2.30. The molecule has 1 fully saturated rings. The molecular formula is C15H19N3O3. The number of amides is 2. The number of carboxylic acid groups (broad SMARTS) is 1. The van der Waals surface area contributed by atoms with Gasteiger partial charge in [-0.3, -0.25) is 4.90 Å². The van der Waals surface area contributed by atoms with Gasteiger partial charge in [0.25, 0.3) is 0 Å². The van der Waals surface area contributed by atoms with Crippen LogP contribution in [0.4, 0.5) is 10.5 Å². The molecule has 0 saturated carbocycles. The molecule has 0 aliphatic carbocycles. The number of hydrogen-bond donors (Lipinski definition) is 2. The van der Waals surface area contributed by atoms with E-state index in [9.17, 15) is 14.7 Å². The number of nitrogens with zero attached hydrogens (tertiary/aromatic N) is 2. The van der Waals surface area contributed by atoms with Crippen LogP contribution in [0.1, 0.15) is 22.3 Å². The van der Waals surface area contributed by atoms with Gasteiger partial charge in [-0.25, -0.2) is 9.59 Å². The molecule has 0 unspecified atom stereocenters. The molecule has 0 radical (unpaired) electrons. The van der Waals surface area contributed by atoms with Crippen LogP contribution in [0.5, 0.6) is 0 Å². The molecule has 2 heterocycles. The molecule has 0 spiro atoms. The first-order chi connectivity index (χ1) is 10.2. The number of carbonyl (C=O) groups excluding carboxylic acids is 1. The summed E-state index contributed by atoms with van der Waals surface area (Å²) in [5.74, 6) is -0.927. The van der Waals surface area contributed by atoms with E-state index in [0.717, 1.165) is 30.8 Å². The molecule has 1 saturated heterocycles. The minimum atomic E-state index is -0.927. The number of aromatic carboxylic acids is 1. The van der Waals surface area contributed by atoms with Crippen molar-refractivity contribution in [3.8, 4) is 0 Å². The third-order valence-electron chi connectivity index (χ3n) is 4.10. The van der Waals surface area contributed by atoms with Crippen LogP contribution in [0.3, 0.4) is 0 Å². The minimum absolute atomic E-state index is 0.0139. The lowest BCUT2D eigenvalue weighted by molar-refractivity contribution is 0.0695. The maximum Gasteiger partial charge on any atom is 0.336 e. The predicted octanol–water partition coefficient (Wildman–Crippen LogP) is 1.16. The maximum atomic E-state index is 12.7. The average Bonchev–Trinajstić information content (AvgIpc) is 2.53. The number of anilines is 1. The van der Waals surface area contributed by atoms with Crippen molar-refractivity contribution in [2.24, 2.45) is 0 Å². The number of carboxylic acids is 1. The number of hydrogen-bond acceptors (Lipinski definition) is 3. The van der Waals surface area contributed by atoms with Crippen molar-refractivity contribution in [2.75, 3.05) is 37.6 Å². The molecule has 2 N–H and O–H groups in total. The van der Waals surface area contributed by atoms with Gasteiger partial charge in [0.05, 0.1) is 5.56 Å². The van der Waals surface area contributed by atoms with Crippen molar-refractivity contribution >= 4 is 17.7 Å². The first kappa shape index (κ1) is 13.9. The van der Waals surface area contributed by atoms with Crippen LogP contribution in [0.15, 0.2) is 18.2 Å². The van der Waals surface area contributed by atoms with Gasteiger partial charge in [0.1, 0.15) is 0 Å². The Morgan fingerprint density at radius 1 is 1.14 bits per heavy atom. The summed E-state index contributed by atoms with van der Waals surface area (Å²) in [4.78, 5) is 27.6. The lowest BCUT2D eigenvalue weighted by Crippen LogP contribution is -2.52. The van der Waals surface area contributed by atoms with E-state index in [1.807, 2.05) is 11.0 Å². The van der Waals surface area contributed by atoms with Crippen LogP contribution in [-0.2, 0) is 6.42 Å². The van der Waals surface area contributed by atoms with Crippen molar-refractivity contribution < 1.29 is 14.7 Å². The van der Waals surface area contributed by atoms with E-state index < -0.39 is 5.97 Å². The molecule has 6 nitrogen and oxygen atoms in total. The lowest BCUT2D eigenvalue weighted by atomic mass is 9.96. The van der Waals surface area contributed by atoms with Crippen LogP contribution in [-0.4, -0.2) is 54.7 Å². The molecule has 1 aromatic carbocycles. The van der Waals surface area contributed by atoms with Gasteiger partial charge in [-0.1, -0.05) is 6.07 Å². The molecule has 21 heavy (non-hydrogen) atoms. The summed E-state index contributed by atoms with van der Waals surface area (Å²) in [7, 11) is 0. The third-order valence-corrected chi connectivity index (χ3v) is 4.10. The zero-order valence-electron chi connectivity index (χ0n) is 11.8. The number of urea groups is 1. The Morgan fingerprint density at radius 2 is 1.90 bits per heavy atom. The lowest BCUT2D eigenvalue weighted by Gasteiger charge is -2.36. The van der Waals surface area contributed by atoms with Crippen LogP contribution >= 0.6 is 0 Å². The molecule has 6 heteroatoms. The Morgan fingerprint density at radius 3 is 2.62 bits per heavy atom. The topological polar surface area (TPSA) is 72.9 Å². The number of fused-ring (bicyclic) bond motifs is 1. The average molecular weight is 289 g/mol. The fourth-order valence-electron chi connectivity index (χ4n) is 3.05. The van der Waals surface area contributed by atoms with Crippen molar-refractivity contribution in [3.63, 3.8) is 0 Å². The number of piperazine rings is 1. The number of benzene rings is 1. The van der Waals surface area contributed by atoms with Gasteiger partial charge in [0.2, 0.25) is 0 Å². The Labute approximate surface area is 123 Å². The molecule has 0 atom stereocenters. The zero-order valence-corrected chi connectivity index (χ0v) is 11.8. The summed E-state index contributed by atoms with van der Waals surface area (Å²) >= 11 is 0. The van der Waals surface area contributed by atoms with E-state index in [2.05, 4.69) is 5.32 Å². The second-order valence-corrected chi connectivity index (χ2v) is 5.38. The summed E-state index contributed by atoms with van der Waals surface area (Å²) in [6.45, 7) is 3.66. The maximum absolute atomic E-state index is 12.7. The number of carbonyl (C=O) groups is 2. The summed E-state index contributed by atoms with van der Waals surface area (Å²) in [6.07, 6.45) is 1.51. The van der Waals surface area contributed by atoms with Crippen molar-refractivity contribution in [1.82, 2.24) is 10.2 Å². The Kier molecular flexibility index (Phi) is 3.79.